The number of halogens is 2. The molecule has 0 atom stereocenters. The predicted octanol–water partition coefficient (Wildman–Crippen LogP) is 5.76. The van der Waals surface area contributed by atoms with Gasteiger partial charge in [0.1, 0.15) is 17.4 Å². The number of nitrogen functional groups attached to an aromatic ring is 1. The van der Waals surface area contributed by atoms with E-state index in [0.717, 1.165) is 17.2 Å². The van der Waals surface area contributed by atoms with Crippen LogP contribution in [-0.4, -0.2) is 34.2 Å². The summed E-state index contributed by atoms with van der Waals surface area (Å²) in [6, 6.07) is 13.5. The van der Waals surface area contributed by atoms with Gasteiger partial charge in [-0.2, -0.15) is 5.10 Å². The number of benzene rings is 3. The van der Waals surface area contributed by atoms with Gasteiger partial charge in [-0.15, -0.1) is 0 Å². The average Bonchev–Trinajstić information content (AvgIpc) is 3.61. The molecule has 2 aromatic heterocycles. The number of nitrogens with zero attached hydrogens (tertiary/aromatic N) is 2. The molecule has 0 aliphatic heterocycles. The van der Waals surface area contributed by atoms with Gasteiger partial charge in [0.15, 0.2) is 11.6 Å². The zero-order chi connectivity index (χ0) is 29.1. The summed E-state index contributed by atoms with van der Waals surface area (Å²) in [4.78, 5) is 16.3. The minimum Gasteiger partial charge on any atom is -0.454 e. The van der Waals surface area contributed by atoms with Crippen molar-refractivity contribution in [3.8, 4) is 17.2 Å². The van der Waals surface area contributed by atoms with Crippen LogP contribution in [0.4, 0.5) is 20.3 Å². The van der Waals surface area contributed by atoms with Crippen molar-refractivity contribution in [1.29, 1.82) is 0 Å². The molecule has 41 heavy (non-hydrogen) atoms. The van der Waals surface area contributed by atoms with E-state index in [9.17, 15) is 22.0 Å². The summed E-state index contributed by atoms with van der Waals surface area (Å²) in [7, 11) is -3.66. The Balaban J connectivity index is 1.29. The first-order valence-electron chi connectivity index (χ1n) is 12.8. The number of rotatable bonds is 8. The summed E-state index contributed by atoms with van der Waals surface area (Å²) in [6.45, 7) is 3.64. The lowest BCUT2D eigenvalue weighted by Gasteiger charge is -2.15. The molecule has 4 N–H and O–H groups in total. The molecule has 1 aliphatic carbocycles. The Labute approximate surface area is 234 Å². The molecule has 1 fully saturated rings. The third-order valence-corrected chi connectivity index (χ3v) is 8.81. The maximum atomic E-state index is 14.7. The minimum absolute atomic E-state index is 0.0895. The number of H-pyrrole nitrogens is 1. The molecule has 210 valence electrons. The molecule has 0 radical (unpaired) electrons. The van der Waals surface area contributed by atoms with Gasteiger partial charge >= 0.3 is 0 Å². The van der Waals surface area contributed by atoms with Crippen LogP contribution in [0, 0.1) is 25.5 Å². The second-order valence-electron chi connectivity index (χ2n) is 10.1. The lowest BCUT2D eigenvalue weighted by molar-refractivity contribution is 0.103. The van der Waals surface area contributed by atoms with Crippen LogP contribution in [-0.2, 0) is 10.0 Å². The van der Waals surface area contributed by atoms with Crippen LogP contribution in [0.3, 0.4) is 0 Å². The number of ketones is 1. The van der Waals surface area contributed by atoms with Crippen molar-refractivity contribution in [3.05, 3.63) is 94.8 Å². The molecule has 0 unspecified atom stereocenters. The highest BCUT2D eigenvalue weighted by atomic mass is 32.2. The van der Waals surface area contributed by atoms with Crippen molar-refractivity contribution in [2.45, 2.75) is 31.9 Å². The number of nitrogens with two attached hydrogens (primary N) is 1. The number of ether oxygens (including phenoxy) is 1. The first-order valence-corrected chi connectivity index (χ1v) is 14.3. The van der Waals surface area contributed by atoms with Crippen LogP contribution in [0.5, 0.6) is 11.5 Å². The van der Waals surface area contributed by atoms with E-state index in [1.54, 1.807) is 24.3 Å². The fraction of sp³-hybridized carbons (Fsp3) is 0.172. The summed E-state index contributed by atoms with van der Waals surface area (Å²) in [6.07, 6.45) is 2.43. The van der Waals surface area contributed by atoms with Gasteiger partial charge in [-0.05, 0) is 80.3 Å². The van der Waals surface area contributed by atoms with Crippen LogP contribution in [0.15, 0.2) is 60.8 Å². The second kappa shape index (κ2) is 9.73. The number of sulfonamides is 1. The van der Waals surface area contributed by atoms with Gasteiger partial charge in [0, 0.05) is 10.9 Å². The Morgan fingerprint density at radius 1 is 1.07 bits per heavy atom. The van der Waals surface area contributed by atoms with Crippen molar-refractivity contribution in [2.75, 3.05) is 10.5 Å². The lowest BCUT2D eigenvalue weighted by atomic mass is 10.1. The van der Waals surface area contributed by atoms with E-state index in [1.165, 1.54) is 35.1 Å². The number of aromatic amines is 1. The third kappa shape index (κ3) is 4.91. The molecule has 1 aliphatic rings. The second-order valence-corrected chi connectivity index (χ2v) is 12.0. The Kier molecular flexibility index (Phi) is 6.29. The maximum Gasteiger partial charge on any atom is 0.235 e. The Hall–Kier alpha value is -4.71. The Morgan fingerprint density at radius 2 is 1.78 bits per heavy atom. The summed E-state index contributed by atoms with van der Waals surface area (Å²) in [5.74, 6) is -1.09. The van der Waals surface area contributed by atoms with Gasteiger partial charge in [0.05, 0.1) is 34.1 Å². The number of nitrogens with one attached hydrogen (secondary N) is 2. The molecule has 1 saturated carbocycles. The fourth-order valence-corrected chi connectivity index (χ4v) is 6.17. The maximum absolute atomic E-state index is 14.7. The number of aromatic nitrogens is 3. The number of anilines is 2. The van der Waals surface area contributed by atoms with Crippen molar-refractivity contribution < 1.29 is 26.7 Å². The molecular formula is C29H25F2N5O4S. The largest absolute Gasteiger partial charge is 0.454 e. The fourth-order valence-electron chi connectivity index (χ4n) is 4.79. The molecule has 2 heterocycles. The highest BCUT2D eigenvalue weighted by Gasteiger charge is 2.36. The summed E-state index contributed by atoms with van der Waals surface area (Å²) in [5, 5.41) is 4.23. The first-order chi connectivity index (χ1) is 19.5. The molecule has 5 aromatic rings. The average molecular weight is 578 g/mol. The van der Waals surface area contributed by atoms with E-state index in [4.69, 9.17) is 10.5 Å². The highest BCUT2D eigenvalue weighted by molar-refractivity contribution is 7.93. The lowest BCUT2D eigenvalue weighted by Crippen LogP contribution is -2.18. The smallest absolute Gasteiger partial charge is 0.235 e. The molecule has 0 bridgehead atoms. The Morgan fingerprint density at radius 3 is 2.46 bits per heavy atom. The normalized spacial score (nSPS) is 13.5. The highest BCUT2D eigenvalue weighted by Crippen LogP contribution is 2.34. The number of hydrogen-bond acceptors (Lipinski definition) is 6. The van der Waals surface area contributed by atoms with Crippen LogP contribution in [0.2, 0.25) is 0 Å². The summed E-state index contributed by atoms with van der Waals surface area (Å²) in [5.41, 5.74) is 8.93. The van der Waals surface area contributed by atoms with E-state index < -0.39 is 32.7 Å². The number of aryl methyl sites for hydroxylation is 2. The number of carbonyl (C=O) groups is 1. The van der Waals surface area contributed by atoms with Gasteiger partial charge in [0.25, 0.3) is 0 Å². The van der Waals surface area contributed by atoms with Crippen molar-refractivity contribution in [3.63, 3.8) is 0 Å². The van der Waals surface area contributed by atoms with Crippen molar-refractivity contribution in [1.82, 2.24) is 14.8 Å². The third-order valence-electron chi connectivity index (χ3n) is 6.96. The van der Waals surface area contributed by atoms with Gasteiger partial charge < -0.3 is 15.5 Å². The van der Waals surface area contributed by atoms with Crippen molar-refractivity contribution in [2.24, 2.45) is 0 Å². The van der Waals surface area contributed by atoms with E-state index >= 15 is 0 Å². The van der Waals surface area contributed by atoms with E-state index in [-0.39, 0.29) is 28.5 Å². The minimum atomic E-state index is -3.66. The number of carbonyl (C=O) groups excluding carboxylic acids is 1. The van der Waals surface area contributed by atoms with Gasteiger partial charge in [-0.25, -0.2) is 21.9 Å². The molecular weight excluding hydrogens is 552 g/mol. The van der Waals surface area contributed by atoms with E-state index in [2.05, 4.69) is 14.8 Å². The monoisotopic (exact) mass is 577 g/mol. The first kappa shape index (κ1) is 26.5. The molecule has 6 rings (SSSR count). The number of hydrogen-bond donors (Lipinski definition) is 3. The number of para-hydroxylation sites is 1. The van der Waals surface area contributed by atoms with Crippen LogP contribution in [0.1, 0.15) is 40.0 Å². The molecule has 3 aromatic carbocycles. The summed E-state index contributed by atoms with van der Waals surface area (Å²) < 4.78 is 62.8. The van der Waals surface area contributed by atoms with Crippen LogP contribution < -0.4 is 15.2 Å². The molecule has 9 nitrogen and oxygen atoms in total. The zero-order valence-electron chi connectivity index (χ0n) is 22.0. The molecule has 0 saturated heterocycles. The predicted molar refractivity (Wildman–Crippen MR) is 151 cm³/mol. The zero-order valence-corrected chi connectivity index (χ0v) is 22.9. The molecule has 0 spiro atoms. The molecule has 12 heteroatoms. The van der Waals surface area contributed by atoms with Gasteiger partial charge in [-0.3, -0.25) is 9.52 Å². The van der Waals surface area contributed by atoms with E-state index in [1.807, 2.05) is 13.8 Å². The molecule has 0 amide bonds. The quantitative estimate of drug-likeness (QED) is 0.201. The van der Waals surface area contributed by atoms with Crippen LogP contribution >= 0.6 is 0 Å². The van der Waals surface area contributed by atoms with Crippen LogP contribution in [0.25, 0.3) is 16.6 Å². The standard InChI is InChI=1S/C29H25F2N5O4S/c1-15-9-18(40-26-6-4-3-5-21(26)30)10-16(2)27(15)36-29(32)20(14-33-36)28(37)25-12-17-11-22(31)24(13-23(17)34-25)35-41(38,39)19-7-8-19/h3-6,9-14,19,34-35H,7-8,32H2,1-2H3. The number of fused-ring (bicyclic) bond motifs is 1. The topological polar surface area (TPSA) is 132 Å². The van der Waals surface area contributed by atoms with Crippen molar-refractivity contribution >= 4 is 38.2 Å². The van der Waals surface area contributed by atoms with Gasteiger partial charge in [0.2, 0.25) is 15.8 Å². The van der Waals surface area contributed by atoms with E-state index in [0.29, 0.717) is 35.2 Å². The Bertz CT molecular complexity index is 1940. The summed E-state index contributed by atoms with van der Waals surface area (Å²) >= 11 is 0. The SMILES string of the molecule is Cc1cc(Oc2ccccc2F)cc(C)c1-n1ncc(C(=O)c2cc3cc(F)c(NS(=O)(=O)C4CC4)cc3[nH]2)c1N. The van der Waals surface area contributed by atoms with Gasteiger partial charge in [-0.1, -0.05) is 12.1 Å².